The van der Waals surface area contributed by atoms with Crippen LogP contribution in [0.5, 0.6) is 0 Å². The number of hydrogen-bond donors (Lipinski definition) is 1. The van der Waals surface area contributed by atoms with E-state index in [0.717, 1.165) is 64.3 Å². The maximum absolute atomic E-state index is 12.9. The van der Waals surface area contributed by atoms with E-state index in [4.69, 9.17) is 5.73 Å². The molecular formula is C17H34N2O. The van der Waals surface area contributed by atoms with Crippen molar-refractivity contribution in [3.05, 3.63) is 0 Å². The minimum atomic E-state index is 0.243. The summed E-state index contributed by atoms with van der Waals surface area (Å²) in [5.74, 6) is 0.656. The zero-order valence-corrected chi connectivity index (χ0v) is 13.7. The van der Waals surface area contributed by atoms with E-state index in [0.29, 0.717) is 18.0 Å². The van der Waals surface area contributed by atoms with Gasteiger partial charge in [-0.3, -0.25) is 4.79 Å². The van der Waals surface area contributed by atoms with Crippen molar-refractivity contribution in [2.24, 2.45) is 11.7 Å². The van der Waals surface area contributed by atoms with Gasteiger partial charge in [0, 0.05) is 24.5 Å². The zero-order chi connectivity index (χ0) is 15.0. The van der Waals surface area contributed by atoms with Gasteiger partial charge in [0.1, 0.15) is 0 Å². The number of amides is 1. The second-order valence-corrected chi connectivity index (χ2v) is 6.37. The van der Waals surface area contributed by atoms with Crippen LogP contribution in [0.25, 0.3) is 0 Å². The van der Waals surface area contributed by atoms with Gasteiger partial charge < -0.3 is 10.6 Å². The summed E-state index contributed by atoms with van der Waals surface area (Å²) in [4.78, 5) is 15.1. The van der Waals surface area contributed by atoms with Gasteiger partial charge in [-0.15, -0.1) is 0 Å². The summed E-state index contributed by atoms with van der Waals surface area (Å²) >= 11 is 0. The van der Waals surface area contributed by atoms with E-state index in [1.165, 1.54) is 0 Å². The van der Waals surface area contributed by atoms with Gasteiger partial charge in [0.25, 0.3) is 0 Å². The second kappa shape index (κ2) is 9.38. The Labute approximate surface area is 125 Å². The number of nitrogens with zero attached hydrogens (tertiary/aromatic N) is 1. The van der Waals surface area contributed by atoms with Crippen LogP contribution in [0.1, 0.15) is 78.6 Å². The van der Waals surface area contributed by atoms with E-state index in [9.17, 15) is 4.79 Å². The van der Waals surface area contributed by atoms with Crippen molar-refractivity contribution in [3.8, 4) is 0 Å². The molecular weight excluding hydrogens is 248 g/mol. The van der Waals surface area contributed by atoms with Gasteiger partial charge in [0.15, 0.2) is 0 Å². The molecule has 0 atom stereocenters. The predicted octanol–water partition coefficient (Wildman–Crippen LogP) is 3.71. The minimum Gasteiger partial charge on any atom is -0.339 e. The Kier molecular flexibility index (Phi) is 8.20. The third-order valence-corrected chi connectivity index (χ3v) is 4.55. The lowest BCUT2D eigenvalue weighted by molar-refractivity contribution is -0.139. The molecule has 3 heteroatoms. The standard InChI is InChI=1S/C17H34N2O/c1-4-7-14(8-5-2)17(20)19(13-6-3)16-11-9-15(18)10-12-16/h14-16H,4-13,18H2,1-3H3. The monoisotopic (exact) mass is 282 g/mol. The fourth-order valence-electron chi connectivity index (χ4n) is 3.45. The fraction of sp³-hybridized carbons (Fsp3) is 0.941. The Morgan fingerprint density at radius 2 is 1.60 bits per heavy atom. The second-order valence-electron chi connectivity index (χ2n) is 6.37. The van der Waals surface area contributed by atoms with E-state index < -0.39 is 0 Å². The molecule has 0 aromatic rings. The number of rotatable bonds is 8. The van der Waals surface area contributed by atoms with Gasteiger partial charge in [-0.05, 0) is 44.9 Å². The summed E-state index contributed by atoms with van der Waals surface area (Å²) in [6, 6.07) is 0.797. The van der Waals surface area contributed by atoms with Crippen LogP contribution in [0.2, 0.25) is 0 Å². The van der Waals surface area contributed by atoms with Gasteiger partial charge in [-0.1, -0.05) is 33.6 Å². The van der Waals surface area contributed by atoms with E-state index in [1.54, 1.807) is 0 Å². The third kappa shape index (κ3) is 5.08. The van der Waals surface area contributed by atoms with Crippen LogP contribution in [0.15, 0.2) is 0 Å². The highest BCUT2D eigenvalue weighted by Crippen LogP contribution is 2.26. The SMILES string of the molecule is CCCC(CCC)C(=O)N(CCC)C1CCC(N)CC1. The minimum absolute atomic E-state index is 0.243. The zero-order valence-electron chi connectivity index (χ0n) is 13.7. The summed E-state index contributed by atoms with van der Waals surface area (Å²) in [7, 11) is 0. The first-order valence-electron chi connectivity index (χ1n) is 8.69. The smallest absolute Gasteiger partial charge is 0.225 e. The molecule has 3 nitrogen and oxygen atoms in total. The molecule has 0 heterocycles. The molecule has 1 aliphatic carbocycles. The van der Waals surface area contributed by atoms with Crippen LogP contribution in [0, 0.1) is 5.92 Å². The topological polar surface area (TPSA) is 46.3 Å². The molecule has 1 fully saturated rings. The van der Waals surface area contributed by atoms with Crippen LogP contribution in [0.3, 0.4) is 0 Å². The molecule has 1 rings (SSSR count). The van der Waals surface area contributed by atoms with Gasteiger partial charge in [-0.2, -0.15) is 0 Å². The molecule has 1 amide bonds. The quantitative estimate of drug-likeness (QED) is 0.737. The molecule has 0 aromatic carbocycles. The average molecular weight is 282 g/mol. The van der Waals surface area contributed by atoms with E-state index in [-0.39, 0.29) is 5.92 Å². The lowest BCUT2D eigenvalue weighted by atomic mass is 9.88. The maximum atomic E-state index is 12.9. The summed E-state index contributed by atoms with van der Waals surface area (Å²) in [6.45, 7) is 7.45. The fourth-order valence-corrected chi connectivity index (χ4v) is 3.45. The largest absolute Gasteiger partial charge is 0.339 e. The summed E-state index contributed by atoms with van der Waals surface area (Å²) < 4.78 is 0. The van der Waals surface area contributed by atoms with E-state index in [2.05, 4.69) is 25.7 Å². The van der Waals surface area contributed by atoms with Crippen LogP contribution < -0.4 is 5.73 Å². The van der Waals surface area contributed by atoms with Crippen LogP contribution >= 0.6 is 0 Å². The Hall–Kier alpha value is -0.570. The number of carbonyl (C=O) groups excluding carboxylic acids is 1. The Morgan fingerprint density at radius 3 is 2.05 bits per heavy atom. The highest BCUT2D eigenvalue weighted by molar-refractivity contribution is 5.79. The normalized spacial score (nSPS) is 23.1. The first kappa shape index (κ1) is 17.5. The average Bonchev–Trinajstić information content (AvgIpc) is 2.45. The van der Waals surface area contributed by atoms with Gasteiger partial charge >= 0.3 is 0 Å². The van der Waals surface area contributed by atoms with E-state index >= 15 is 0 Å². The summed E-state index contributed by atoms with van der Waals surface area (Å²) in [6.07, 6.45) is 9.68. The molecule has 0 radical (unpaired) electrons. The predicted molar refractivity (Wildman–Crippen MR) is 85.5 cm³/mol. The molecule has 0 spiro atoms. The molecule has 20 heavy (non-hydrogen) atoms. The molecule has 0 saturated heterocycles. The van der Waals surface area contributed by atoms with Crippen molar-refractivity contribution < 1.29 is 4.79 Å². The van der Waals surface area contributed by atoms with Crippen molar-refractivity contribution in [1.29, 1.82) is 0 Å². The highest BCUT2D eigenvalue weighted by Gasteiger charge is 2.30. The van der Waals surface area contributed by atoms with Crippen LogP contribution in [0.4, 0.5) is 0 Å². The molecule has 0 unspecified atom stereocenters. The molecule has 0 aliphatic heterocycles. The van der Waals surface area contributed by atoms with Crippen LogP contribution in [-0.4, -0.2) is 29.4 Å². The van der Waals surface area contributed by atoms with Crippen molar-refractivity contribution in [2.45, 2.75) is 90.6 Å². The van der Waals surface area contributed by atoms with Crippen molar-refractivity contribution >= 4 is 5.91 Å². The third-order valence-electron chi connectivity index (χ3n) is 4.55. The molecule has 118 valence electrons. The van der Waals surface area contributed by atoms with Crippen molar-refractivity contribution in [1.82, 2.24) is 4.90 Å². The first-order valence-corrected chi connectivity index (χ1v) is 8.69. The number of nitrogens with two attached hydrogens (primary N) is 1. The van der Waals surface area contributed by atoms with Crippen molar-refractivity contribution in [3.63, 3.8) is 0 Å². The molecule has 1 saturated carbocycles. The molecule has 2 N–H and O–H groups in total. The summed E-state index contributed by atoms with van der Waals surface area (Å²) in [5.41, 5.74) is 6.00. The van der Waals surface area contributed by atoms with Crippen molar-refractivity contribution in [2.75, 3.05) is 6.54 Å². The number of carbonyl (C=O) groups is 1. The molecule has 0 aromatic heterocycles. The maximum Gasteiger partial charge on any atom is 0.225 e. The lowest BCUT2D eigenvalue weighted by Crippen LogP contribution is -2.47. The lowest BCUT2D eigenvalue weighted by Gasteiger charge is -2.38. The molecule has 0 bridgehead atoms. The molecule has 1 aliphatic rings. The Morgan fingerprint density at radius 1 is 1.05 bits per heavy atom. The first-order chi connectivity index (χ1) is 9.63. The van der Waals surface area contributed by atoms with Crippen LogP contribution in [-0.2, 0) is 4.79 Å². The summed E-state index contributed by atoms with van der Waals surface area (Å²) in [5, 5.41) is 0. The Balaban J connectivity index is 2.69. The highest BCUT2D eigenvalue weighted by atomic mass is 16.2. The van der Waals surface area contributed by atoms with Gasteiger partial charge in [0.05, 0.1) is 0 Å². The number of hydrogen-bond acceptors (Lipinski definition) is 2. The van der Waals surface area contributed by atoms with Gasteiger partial charge in [-0.25, -0.2) is 0 Å². The van der Waals surface area contributed by atoms with E-state index in [1.807, 2.05) is 0 Å². The van der Waals surface area contributed by atoms with Gasteiger partial charge in [0.2, 0.25) is 5.91 Å². The Bertz CT molecular complexity index is 266.